The predicted molar refractivity (Wildman–Crippen MR) is 129 cm³/mol. The van der Waals surface area contributed by atoms with Gasteiger partial charge in [0, 0.05) is 43.4 Å². The number of piperidine rings is 1. The quantitative estimate of drug-likeness (QED) is 0.670. The van der Waals surface area contributed by atoms with E-state index >= 15 is 0 Å². The van der Waals surface area contributed by atoms with Gasteiger partial charge >= 0.3 is 0 Å². The number of carbonyl (C=O) groups is 1. The van der Waals surface area contributed by atoms with Crippen molar-refractivity contribution >= 4 is 17.4 Å². The summed E-state index contributed by atoms with van der Waals surface area (Å²) in [6, 6.07) is 6.85. The summed E-state index contributed by atoms with van der Waals surface area (Å²) in [6.45, 7) is 4.87. The Hall–Kier alpha value is -3.11. The lowest BCUT2D eigenvalue weighted by atomic mass is 10.0. The number of rotatable bonds is 5. The van der Waals surface area contributed by atoms with Crippen LogP contribution in [-0.2, 0) is 11.3 Å². The van der Waals surface area contributed by atoms with E-state index in [0.29, 0.717) is 55.2 Å². The highest BCUT2D eigenvalue weighted by Gasteiger charge is 2.35. The van der Waals surface area contributed by atoms with Crippen molar-refractivity contribution in [2.75, 3.05) is 56.2 Å². The van der Waals surface area contributed by atoms with E-state index in [0.717, 1.165) is 44.6 Å². The number of nitrogens with zero attached hydrogens (tertiary/aromatic N) is 3. The summed E-state index contributed by atoms with van der Waals surface area (Å²) in [5.74, 6) is 1.51. The second-order valence-corrected chi connectivity index (χ2v) is 9.66. The summed E-state index contributed by atoms with van der Waals surface area (Å²) in [7, 11) is 0. The van der Waals surface area contributed by atoms with Gasteiger partial charge < -0.3 is 25.0 Å². The average Bonchev–Trinajstić information content (AvgIpc) is 2.87. The second-order valence-electron chi connectivity index (χ2n) is 9.66. The van der Waals surface area contributed by atoms with E-state index in [-0.39, 0.29) is 29.9 Å². The van der Waals surface area contributed by atoms with Crippen molar-refractivity contribution in [3.05, 3.63) is 46.0 Å². The first-order valence-corrected chi connectivity index (χ1v) is 12.4. The molecule has 1 amide bonds. The molecule has 6 rings (SSSR count). The van der Waals surface area contributed by atoms with Crippen LogP contribution in [0.2, 0.25) is 0 Å². The third-order valence-electron chi connectivity index (χ3n) is 7.49. The van der Waals surface area contributed by atoms with Gasteiger partial charge in [-0.1, -0.05) is 0 Å². The van der Waals surface area contributed by atoms with Crippen LogP contribution in [-0.4, -0.2) is 67.4 Å². The Morgan fingerprint density at radius 1 is 1.03 bits per heavy atom. The fraction of sp³-hybridized carbons (Fsp3) is 0.520. The number of anilines is 2. The van der Waals surface area contributed by atoms with Crippen molar-refractivity contribution < 1.29 is 18.7 Å². The molecule has 1 aromatic heterocycles. The molecular formula is C25H30FN5O4. The van der Waals surface area contributed by atoms with Gasteiger partial charge in [-0.2, -0.15) is 0 Å². The Kier molecular flexibility index (Phi) is 5.85. The molecule has 1 saturated heterocycles. The number of pyridine rings is 1. The smallest absolute Gasteiger partial charge is 0.252 e. The number of hydrogen-bond donors (Lipinski definition) is 2. The number of amides is 1. The molecule has 10 heteroatoms. The first-order valence-electron chi connectivity index (χ1n) is 12.4. The van der Waals surface area contributed by atoms with Gasteiger partial charge in [-0.15, -0.1) is 0 Å². The van der Waals surface area contributed by atoms with Crippen molar-refractivity contribution in [2.45, 2.75) is 37.9 Å². The maximum atomic E-state index is 14.5. The van der Waals surface area contributed by atoms with Gasteiger partial charge in [-0.25, -0.2) is 4.39 Å². The lowest BCUT2D eigenvalue weighted by Crippen LogP contribution is -2.51. The molecule has 4 aliphatic rings. The highest BCUT2D eigenvalue weighted by Crippen LogP contribution is 2.36. The first-order chi connectivity index (χ1) is 17.1. The van der Waals surface area contributed by atoms with E-state index in [1.165, 1.54) is 6.07 Å². The Balaban J connectivity index is 1.07. The van der Waals surface area contributed by atoms with Crippen molar-refractivity contribution in [3.8, 4) is 11.5 Å². The van der Waals surface area contributed by atoms with Crippen LogP contribution in [0.4, 0.5) is 15.9 Å². The molecule has 0 aliphatic carbocycles. The zero-order valence-electron chi connectivity index (χ0n) is 19.6. The van der Waals surface area contributed by atoms with Crippen LogP contribution >= 0.6 is 0 Å². The number of hydrogen-bond acceptors (Lipinski definition) is 7. The van der Waals surface area contributed by atoms with Crippen molar-refractivity contribution in [1.82, 2.24) is 14.8 Å². The van der Waals surface area contributed by atoms with E-state index in [9.17, 15) is 14.0 Å². The molecule has 2 aromatic rings. The van der Waals surface area contributed by atoms with Crippen LogP contribution in [0.15, 0.2) is 29.1 Å². The van der Waals surface area contributed by atoms with Gasteiger partial charge in [0.2, 0.25) is 5.91 Å². The summed E-state index contributed by atoms with van der Waals surface area (Å²) >= 11 is 0. The Bertz CT molecular complexity index is 1190. The summed E-state index contributed by atoms with van der Waals surface area (Å²) in [6.07, 6.45) is 2.67. The van der Waals surface area contributed by atoms with Gasteiger partial charge in [0.1, 0.15) is 24.8 Å². The minimum Gasteiger partial charge on any atom is -0.486 e. The number of fused-ring (bicyclic) bond motifs is 1. The molecule has 186 valence electrons. The molecule has 4 aliphatic heterocycles. The summed E-state index contributed by atoms with van der Waals surface area (Å²) in [5, 5.41) is 6.64. The molecule has 0 radical (unpaired) electrons. The highest BCUT2D eigenvalue weighted by molar-refractivity contribution is 6.01. The molecule has 0 saturated carbocycles. The maximum Gasteiger partial charge on any atom is 0.252 e. The van der Waals surface area contributed by atoms with Gasteiger partial charge in [0.15, 0.2) is 11.5 Å². The topological polar surface area (TPSA) is 88.1 Å². The monoisotopic (exact) mass is 483 g/mol. The summed E-state index contributed by atoms with van der Waals surface area (Å²) in [4.78, 5) is 29.3. The predicted octanol–water partition coefficient (Wildman–Crippen LogP) is 1.72. The van der Waals surface area contributed by atoms with Crippen molar-refractivity contribution in [2.24, 2.45) is 0 Å². The van der Waals surface area contributed by atoms with E-state index < -0.39 is 0 Å². The van der Waals surface area contributed by atoms with Crippen LogP contribution in [0.1, 0.15) is 30.9 Å². The number of ether oxygens (including phenoxy) is 2. The zero-order valence-corrected chi connectivity index (χ0v) is 19.6. The first kappa shape index (κ1) is 22.4. The molecule has 1 atom stereocenters. The number of halogens is 1. The lowest BCUT2D eigenvalue weighted by molar-refractivity contribution is -0.117. The van der Waals surface area contributed by atoms with Crippen LogP contribution in [0.3, 0.4) is 0 Å². The SMILES string of the molecule is O=C1CNc2ccc(=O)n3c2N1CC[C@H]3CN1CCC(NCc2cc3c(cc2F)OCCO3)CC1. The Labute approximate surface area is 202 Å². The van der Waals surface area contributed by atoms with Crippen LogP contribution in [0.25, 0.3) is 0 Å². The van der Waals surface area contributed by atoms with Gasteiger partial charge in [-0.3, -0.25) is 19.1 Å². The Morgan fingerprint density at radius 3 is 2.60 bits per heavy atom. The minimum atomic E-state index is -0.282. The van der Waals surface area contributed by atoms with Gasteiger partial charge in [0.25, 0.3) is 5.56 Å². The molecular weight excluding hydrogens is 453 g/mol. The zero-order chi connectivity index (χ0) is 23.9. The molecule has 0 bridgehead atoms. The molecule has 9 nitrogen and oxygen atoms in total. The van der Waals surface area contributed by atoms with E-state index in [1.54, 1.807) is 27.7 Å². The number of likely N-dealkylation sites (tertiary alicyclic amines) is 1. The minimum absolute atomic E-state index is 0.0108. The fourth-order valence-corrected chi connectivity index (χ4v) is 5.62. The third-order valence-corrected chi connectivity index (χ3v) is 7.49. The third kappa shape index (κ3) is 4.25. The molecule has 0 spiro atoms. The normalized spacial score (nSPS) is 22.0. The fourth-order valence-electron chi connectivity index (χ4n) is 5.62. The van der Waals surface area contributed by atoms with Crippen molar-refractivity contribution in [1.29, 1.82) is 0 Å². The van der Waals surface area contributed by atoms with Crippen LogP contribution in [0.5, 0.6) is 11.5 Å². The Morgan fingerprint density at radius 2 is 1.80 bits per heavy atom. The highest BCUT2D eigenvalue weighted by atomic mass is 19.1. The number of aromatic nitrogens is 1. The molecule has 1 fully saturated rings. The van der Waals surface area contributed by atoms with E-state index in [4.69, 9.17) is 9.47 Å². The van der Waals surface area contributed by atoms with Crippen LogP contribution < -0.4 is 30.6 Å². The molecule has 1 aromatic carbocycles. The maximum absolute atomic E-state index is 14.5. The standard InChI is InChI=1S/C25H30FN5O4/c26-19-12-22-21(34-9-10-35-22)11-16(19)13-27-17-3-6-29(7-4-17)15-18-5-8-30-24(33)14-28-20-1-2-23(32)31(18)25(20)30/h1-2,11-12,17-18,27-28H,3-10,13-15H2/t18-/m0/s1. The van der Waals surface area contributed by atoms with Crippen LogP contribution in [0, 0.1) is 5.82 Å². The number of nitrogens with one attached hydrogen (secondary N) is 2. The molecule has 35 heavy (non-hydrogen) atoms. The molecule has 5 heterocycles. The molecule has 2 N–H and O–H groups in total. The van der Waals surface area contributed by atoms with Gasteiger partial charge in [0.05, 0.1) is 18.3 Å². The average molecular weight is 484 g/mol. The summed E-state index contributed by atoms with van der Waals surface area (Å²) in [5.41, 5.74) is 1.37. The summed E-state index contributed by atoms with van der Waals surface area (Å²) < 4.78 is 27.3. The van der Waals surface area contributed by atoms with Crippen molar-refractivity contribution in [3.63, 3.8) is 0 Å². The number of benzene rings is 1. The lowest BCUT2D eigenvalue weighted by Gasteiger charge is -2.42. The van der Waals surface area contributed by atoms with E-state index in [2.05, 4.69) is 15.5 Å². The molecule has 0 unspecified atom stereocenters. The second kappa shape index (κ2) is 9.16. The van der Waals surface area contributed by atoms with Gasteiger partial charge in [-0.05, 0) is 44.5 Å². The number of carbonyl (C=O) groups excluding carboxylic acids is 1. The van der Waals surface area contributed by atoms with E-state index in [1.807, 2.05) is 0 Å². The largest absolute Gasteiger partial charge is 0.486 e.